The molecule has 0 bridgehead atoms. The van der Waals surface area contributed by atoms with E-state index < -0.39 is 0 Å². The second-order valence-corrected chi connectivity index (χ2v) is 4.69. The van der Waals surface area contributed by atoms with Gasteiger partial charge >= 0.3 is 0 Å². The Kier molecular flexibility index (Phi) is 3.37. The third kappa shape index (κ3) is 2.78. The van der Waals surface area contributed by atoms with Crippen LogP contribution in [0.1, 0.15) is 44.0 Å². The van der Waals surface area contributed by atoms with Gasteiger partial charge in [-0.15, -0.1) is 0 Å². The number of hydrogen-bond donors (Lipinski definition) is 0. The maximum absolute atomic E-state index is 4.69. The highest BCUT2D eigenvalue weighted by atomic mass is 15.1. The third-order valence-corrected chi connectivity index (χ3v) is 3.00. The second-order valence-electron chi connectivity index (χ2n) is 4.69. The Morgan fingerprint density at radius 2 is 2.00 bits per heavy atom. The molecule has 2 heteroatoms. The molecule has 15 heavy (non-hydrogen) atoms. The Hall–Kier alpha value is -0.890. The average Bonchev–Trinajstić information content (AvgIpc) is 2.71. The number of hydrogen-bond acceptors (Lipinski definition) is 2. The molecule has 0 radical (unpaired) electrons. The lowest BCUT2D eigenvalue weighted by atomic mass is 10.1. The lowest BCUT2D eigenvalue weighted by molar-refractivity contribution is 0.327. The summed E-state index contributed by atoms with van der Waals surface area (Å²) in [7, 11) is 0. The van der Waals surface area contributed by atoms with Crippen LogP contribution in [0.15, 0.2) is 18.2 Å². The van der Waals surface area contributed by atoms with Crippen LogP contribution in [0.4, 0.5) is 0 Å². The van der Waals surface area contributed by atoms with Crippen LogP contribution < -0.4 is 0 Å². The van der Waals surface area contributed by atoms with E-state index in [0.29, 0.717) is 5.92 Å². The van der Waals surface area contributed by atoms with Crippen molar-refractivity contribution in [2.24, 2.45) is 0 Å². The first-order valence-electron chi connectivity index (χ1n) is 5.94. The van der Waals surface area contributed by atoms with E-state index in [2.05, 4.69) is 36.9 Å². The molecule has 1 saturated heterocycles. The minimum atomic E-state index is 0.531. The van der Waals surface area contributed by atoms with Crippen molar-refractivity contribution in [3.05, 3.63) is 29.6 Å². The summed E-state index contributed by atoms with van der Waals surface area (Å²) < 4.78 is 0. The van der Waals surface area contributed by atoms with Crippen molar-refractivity contribution in [1.82, 2.24) is 9.88 Å². The lowest BCUT2D eigenvalue weighted by Gasteiger charge is -2.14. The quantitative estimate of drug-likeness (QED) is 0.752. The van der Waals surface area contributed by atoms with Crippen LogP contribution in [0.5, 0.6) is 0 Å². The van der Waals surface area contributed by atoms with Crippen LogP contribution in [-0.4, -0.2) is 23.0 Å². The first-order chi connectivity index (χ1) is 7.25. The molecule has 0 saturated carbocycles. The molecule has 0 aliphatic carbocycles. The van der Waals surface area contributed by atoms with Gasteiger partial charge in [-0.1, -0.05) is 19.9 Å². The highest BCUT2D eigenvalue weighted by Gasteiger charge is 2.12. The maximum atomic E-state index is 4.69. The van der Waals surface area contributed by atoms with Gasteiger partial charge < -0.3 is 0 Å². The van der Waals surface area contributed by atoms with Gasteiger partial charge in [-0.05, 0) is 44.0 Å². The molecule has 1 aromatic heterocycles. The summed E-state index contributed by atoms with van der Waals surface area (Å²) in [5, 5.41) is 0. The van der Waals surface area contributed by atoms with Gasteiger partial charge in [0, 0.05) is 12.2 Å². The van der Waals surface area contributed by atoms with Crippen LogP contribution in [0.2, 0.25) is 0 Å². The van der Waals surface area contributed by atoms with E-state index >= 15 is 0 Å². The van der Waals surface area contributed by atoms with Gasteiger partial charge in [0.1, 0.15) is 0 Å². The highest BCUT2D eigenvalue weighted by molar-refractivity contribution is 5.13. The zero-order valence-electron chi connectivity index (χ0n) is 9.74. The van der Waals surface area contributed by atoms with Gasteiger partial charge in [-0.3, -0.25) is 9.88 Å². The van der Waals surface area contributed by atoms with Crippen LogP contribution in [0.25, 0.3) is 0 Å². The van der Waals surface area contributed by atoms with Crippen LogP contribution in [0.3, 0.4) is 0 Å². The number of rotatable bonds is 3. The Morgan fingerprint density at radius 1 is 1.27 bits per heavy atom. The largest absolute Gasteiger partial charge is 0.298 e. The minimum Gasteiger partial charge on any atom is -0.298 e. The van der Waals surface area contributed by atoms with Crippen molar-refractivity contribution in [2.75, 3.05) is 13.1 Å². The first-order valence-corrected chi connectivity index (χ1v) is 5.94. The Morgan fingerprint density at radius 3 is 2.67 bits per heavy atom. The molecule has 1 fully saturated rings. The van der Waals surface area contributed by atoms with E-state index in [1.54, 1.807) is 0 Å². The molecule has 2 rings (SSSR count). The van der Waals surface area contributed by atoms with Gasteiger partial charge in [-0.25, -0.2) is 0 Å². The molecule has 82 valence electrons. The van der Waals surface area contributed by atoms with Gasteiger partial charge in [-0.2, -0.15) is 0 Å². The van der Waals surface area contributed by atoms with E-state index in [1.165, 1.54) is 37.3 Å². The van der Waals surface area contributed by atoms with Crippen LogP contribution >= 0.6 is 0 Å². The van der Waals surface area contributed by atoms with Gasteiger partial charge in [0.05, 0.1) is 5.69 Å². The van der Waals surface area contributed by atoms with Crippen molar-refractivity contribution < 1.29 is 0 Å². The summed E-state index contributed by atoms with van der Waals surface area (Å²) in [6.45, 7) is 7.91. The smallest absolute Gasteiger partial charge is 0.0547 e. The maximum Gasteiger partial charge on any atom is 0.0547 e. The van der Waals surface area contributed by atoms with E-state index in [-0.39, 0.29) is 0 Å². The summed E-state index contributed by atoms with van der Waals surface area (Å²) in [6.07, 6.45) is 2.70. The van der Waals surface area contributed by atoms with Crippen molar-refractivity contribution in [1.29, 1.82) is 0 Å². The van der Waals surface area contributed by atoms with Crippen molar-refractivity contribution >= 4 is 0 Å². The van der Waals surface area contributed by atoms with E-state index in [4.69, 9.17) is 4.98 Å². The van der Waals surface area contributed by atoms with Crippen molar-refractivity contribution in [2.45, 2.75) is 39.2 Å². The van der Waals surface area contributed by atoms with Crippen molar-refractivity contribution in [3.8, 4) is 0 Å². The molecular formula is C13H20N2. The molecule has 0 unspecified atom stereocenters. The zero-order valence-corrected chi connectivity index (χ0v) is 9.74. The summed E-state index contributed by atoms with van der Waals surface area (Å²) in [5.41, 5.74) is 2.44. The Balaban J connectivity index is 2.04. The Labute approximate surface area is 92.3 Å². The molecule has 2 heterocycles. The molecule has 0 aromatic carbocycles. The standard InChI is InChI=1S/C13H20N2/c1-11(2)13-7-5-6-12(14-13)10-15-8-3-4-9-15/h5-7,11H,3-4,8-10H2,1-2H3. The number of pyridine rings is 1. The molecule has 1 aliphatic heterocycles. The fourth-order valence-corrected chi connectivity index (χ4v) is 2.08. The molecule has 2 nitrogen and oxygen atoms in total. The molecular weight excluding hydrogens is 184 g/mol. The number of likely N-dealkylation sites (tertiary alicyclic amines) is 1. The van der Waals surface area contributed by atoms with Crippen molar-refractivity contribution in [3.63, 3.8) is 0 Å². The van der Waals surface area contributed by atoms with Gasteiger partial charge in [0.25, 0.3) is 0 Å². The Bertz CT molecular complexity index is 314. The van der Waals surface area contributed by atoms with Crippen LogP contribution in [-0.2, 0) is 6.54 Å². The summed E-state index contributed by atoms with van der Waals surface area (Å²) in [6, 6.07) is 6.40. The monoisotopic (exact) mass is 204 g/mol. The fourth-order valence-electron chi connectivity index (χ4n) is 2.08. The second kappa shape index (κ2) is 4.75. The molecule has 0 amide bonds. The predicted molar refractivity (Wildman–Crippen MR) is 62.8 cm³/mol. The van der Waals surface area contributed by atoms with E-state index in [9.17, 15) is 0 Å². The summed E-state index contributed by atoms with van der Waals surface area (Å²) >= 11 is 0. The number of aromatic nitrogens is 1. The topological polar surface area (TPSA) is 16.1 Å². The molecule has 0 spiro atoms. The van der Waals surface area contributed by atoms with E-state index in [1.807, 2.05) is 0 Å². The van der Waals surface area contributed by atoms with Gasteiger partial charge in [0.15, 0.2) is 0 Å². The molecule has 0 N–H and O–H groups in total. The average molecular weight is 204 g/mol. The number of nitrogens with zero attached hydrogens (tertiary/aromatic N) is 2. The summed E-state index contributed by atoms with van der Waals surface area (Å²) in [4.78, 5) is 7.19. The SMILES string of the molecule is CC(C)c1cccc(CN2CCCC2)n1. The lowest BCUT2D eigenvalue weighted by Crippen LogP contribution is -2.19. The highest BCUT2D eigenvalue weighted by Crippen LogP contribution is 2.14. The normalized spacial score (nSPS) is 17.5. The minimum absolute atomic E-state index is 0.531. The first kappa shape index (κ1) is 10.6. The van der Waals surface area contributed by atoms with Crippen LogP contribution in [0, 0.1) is 0 Å². The third-order valence-electron chi connectivity index (χ3n) is 3.00. The molecule has 1 aromatic rings. The predicted octanol–water partition coefficient (Wildman–Crippen LogP) is 2.80. The van der Waals surface area contributed by atoms with E-state index in [0.717, 1.165) is 6.54 Å². The zero-order chi connectivity index (χ0) is 10.7. The van der Waals surface area contributed by atoms with Gasteiger partial charge in [0.2, 0.25) is 0 Å². The summed E-state index contributed by atoms with van der Waals surface area (Å²) in [5.74, 6) is 0.531. The molecule has 1 aliphatic rings. The molecule has 0 atom stereocenters. The fraction of sp³-hybridized carbons (Fsp3) is 0.615.